The Morgan fingerprint density at radius 3 is 2.39 bits per heavy atom. The molecule has 0 unspecified atom stereocenters. The van der Waals surface area contributed by atoms with E-state index in [0.29, 0.717) is 12.1 Å². The van der Waals surface area contributed by atoms with Crippen molar-refractivity contribution in [2.45, 2.75) is 6.43 Å². The Morgan fingerprint density at radius 1 is 1.33 bits per heavy atom. The number of hydrogen-bond acceptors (Lipinski definition) is 2. The van der Waals surface area contributed by atoms with Crippen LogP contribution >= 0.6 is 7.60 Å². The molecule has 8 heteroatoms. The third-order valence-electron chi connectivity index (χ3n) is 2.05. The van der Waals surface area contributed by atoms with E-state index < -0.39 is 30.9 Å². The molecule has 5 nitrogen and oxygen atoms in total. The van der Waals surface area contributed by atoms with Crippen LogP contribution in [0.15, 0.2) is 24.3 Å². The highest BCUT2D eigenvalue weighted by Crippen LogP contribution is 2.35. The fourth-order valence-corrected chi connectivity index (χ4v) is 1.82. The highest BCUT2D eigenvalue weighted by Gasteiger charge is 2.21. The molecule has 0 saturated carbocycles. The van der Waals surface area contributed by atoms with E-state index >= 15 is 0 Å². The second kappa shape index (κ2) is 5.39. The predicted molar refractivity (Wildman–Crippen MR) is 59.7 cm³/mol. The van der Waals surface area contributed by atoms with Gasteiger partial charge in [0.2, 0.25) is 0 Å². The monoisotopic (exact) mass is 278 g/mol. The van der Waals surface area contributed by atoms with E-state index in [4.69, 9.17) is 14.9 Å². The molecule has 0 aliphatic carbocycles. The van der Waals surface area contributed by atoms with Crippen LogP contribution in [0.3, 0.4) is 0 Å². The fourth-order valence-electron chi connectivity index (χ4n) is 1.25. The molecule has 0 radical (unpaired) electrons. The maximum absolute atomic E-state index is 12.7. The Labute approximate surface area is 101 Å². The number of rotatable bonds is 4. The summed E-state index contributed by atoms with van der Waals surface area (Å²) in [6.07, 6.45) is -1.36. The molecule has 0 aliphatic heterocycles. The first-order chi connectivity index (χ1) is 8.21. The van der Waals surface area contributed by atoms with Gasteiger partial charge in [-0.3, -0.25) is 4.57 Å². The summed E-state index contributed by atoms with van der Waals surface area (Å²) in [4.78, 5) is 28.0. The Bertz CT molecular complexity index is 535. The van der Waals surface area contributed by atoms with E-state index in [1.54, 1.807) is 0 Å². The summed E-state index contributed by atoms with van der Waals surface area (Å²) in [6, 6.07) is 2.69. The lowest BCUT2D eigenvalue weighted by Gasteiger charge is -2.09. The van der Waals surface area contributed by atoms with Crippen molar-refractivity contribution in [1.29, 1.82) is 0 Å². The number of carboxylic acids is 1. The fraction of sp³-hybridized carbons (Fsp3) is 0.100. The van der Waals surface area contributed by atoms with Gasteiger partial charge in [0.05, 0.1) is 5.30 Å². The molecule has 0 fully saturated rings. The van der Waals surface area contributed by atoms with Crippen LogP contribution in [0.25, 0.3) is 6.08 Å². The Kier molecular flexibility index (Phi) is 4.34. The Morgan fingerprint density at radius 2 is 1.94 bits per heavy atom. The van der Waals surface area contributed by atoms with E-state index in [2.05, 4.69) is 0 Å². The van der Waals surface area contributed by atoms with Crippen LogP contribution in [0.5, 0.6) is 0 Å². The lowest BCUT2D eigenvalue weighted by molar-refractivity contribution is -0.131. The molecule has 0 saturated heterocycles. The predicted octanol–water partition coefficient (Wildman–Crippen LogP) is 1.52. The lowest BCUT2D eigenvalue weighted by atomic mass is 10.1. The van der Waals surface area contributed by atoms with Crippen molar-refractivity contribution in [3.8, 4) is 0 Å². The molecule has 0 amide bonds. The summed E-state index contributed by atoms with van der Waals surface area (Å²) < 4.78 is 36.3. The number of alkyl halides is 2. The summed E-state index contributed by atoms with van der Waals surface area (Å²) in [6.45, 7) is 0. The molecule has 0 atom stereocenters. The van der Waals surface area contributed by atoms with E-state index in [9.17, 15) is 18.1 Å². The number of halogens is 2. The second-order valence-electron chi connectivity index (χ2n) is 3.33. The highest BCUT2D eigenvalue weighted by molar-refractivity contribution is 7.60. The summed E-state index contributed by atoms with van der Waals surface area (Å²) in [5.41, 5.74) is -0.738. The van der Waals surface area contributed by atoms with Gasteiger partial charge in [-0.1, -0.05) is 6.07 Å². The van der Waals surface area contributed by atoms with Gasteiger partial charge in [-0.2, -0.15) is 0 Å². The molecule has 98 valence electrons. The van der Waals surface area contributed by atoms with Crippen LogP contribution in [-0.2, 0) is 9.36 Å². The third kappa shape index (κ3) is 3.73. The standard InChI is InChI=1S/C10H9F2O5P/c11-10(12)8-5-7(18(15,16)17)3-1-6(8)2-4-9(13)14/h1-5,10H,(H,13,14)(H2,15,16,17)/b4-2+. The molecule has 0 aromatic heterocycles. The maximum Gasteiger partial charge on any atom is 0.356 e. The van der Waals surface area contributed by atoms with Gasteiger partial charge in [0.15, 0.2) is 0 Å². The van der Waals surface area contributed by atoms with Gasteiger partial charge in [0, 0.05) is 11.6 Å². The van der Waals surface area contributed by atoms with Gasteiger partial charge in [-0.15, -0.1) is 0 Å². The topological polar surface area (TPSA) is 94.8 Å². The van der Waals surface area contributed by atoms with Crippen molar-refractivity contribution in [2.75, 3.05) is 0 Å². The maximum atomic E-state index is 12.7. The van der Waals surface area contributed by atoms with Gasteiger partial charge < -0.3 is 14.9 Å². The van der Waals surface area contributed by atoms with Gasteiger partial charge in [0.1, 0.15) is 0 Å². The lowest BCUT2D eigenvalue weighted by Crippen LogP contribution is -2.06. The molecule has 3 N–H and O–H groups in total. The van der Waals surface area contributed by atoms with E-state index in [0.717, 1.165) is 18.2 Å². The molecular weight excluding hydrogens is 269 g/mol. The SMILES string of the molecule is O=C(O)/C=C/c1ccc(P(=O)(O)O)cc1C(F)F. The van der Waals surface area contributed by atoms with Crippen LogP contribution in [0.2, 0.25) is 0 Å². The number of carbonyl (C=O) groups is 1. The molecule has 1 rings (SSSR count). The minimum Gasteiger partial charge on any atom is -0.478 e. The summed E-state index contributed by atoms with van der Waals surface area (Å²) >= 11 is 0. The Hall–Kier alpha value is -1.56. The number of benzene rings is 1. The summed E-state index contributed by atoms with van der Waals surface area (Å²) in [5, 5.41) is 7.85. The van der Waals surface area contributed by atoms with Gasteiger partial charge >= 0.3 is 13.6 Å². The smallest absolute Gasteiger partial charge is 0.356 e. The van der Waals surface area contributed by atoms with Crippen molar-refractivity contribution in [1.82, 2.24) is 0 Å². The first-order valence-electron chi connectivity index (χ1n) is 4.61. The molecular formula is C10H9F2O5P. The first kappa shape index (κ1) is 14.5. The highest BCUT2D eigenvalue weighted by atomic mass is 31.2. The zero-order valence-electron chi connectivity index (χ0n) is 8.83. The minimum absolute atomic E-state index is 0.107. The van der Waals surface area contributed by atoms with Crippen LogP contribution < -0.4 is 5.30 Å². The zero-order chi connectivity index (χ0) is 13.9. The van der Waals surface area contributed by atoms with Crippen molar-refractivity contribution >= 4 is 24.9 Å². The molecule has 1 aromatic rings. The molecule has 1 aromatic carbocycles. The second-order valence-corrected chi connectivity index (χ2v) is 4.93. The van der Waals surface area contributed by atoms with Crippen molar-refractivity contribution in [3.05, 3.63) is 35.4 Å². The minimum atomic E-state index is -4.62. The normalized spacial score (nSPS) is 12.3. The number of hydrogen-bond donors (Lipinski definition) is 3. The largest absolute Gasteiger partial charge is 0.478 e. The average molecular weight is 278 g/mol. The first-order valence-corrected chi connectivity index (χ1v) is 6.22. The van der Waals surface area contributed by atoms with Gasteiger partial charge in [-0.05, 0) is 23.8 Å². The van der Waals surface area contributed by atoms with Crippen LogP contribution in [-0.4, -0.2) is 20.9 Å². The van der Waals surface area contributed by atoms with Gasteiger partial charge in [0.25, 0.3) is 6.43 Å². The van der Waals surface area contributed by atoms with Crippen molar-refractivity contribution in [2.24, 2.45) is 0 Å². The number of carboxylic acid groups (broad SMARTS) is 1. The van der Waals surface area contributed by atoms with E-state index in [1.165, 1.54) is 0 Å². The van der Waals surface area contributed by atoms with Crippen LogP contribution in [0.4, 0.5) is 8.78 Å². The average Bonchev–Trinajstić information content (AvgIpc) is 2.24. The zero-order valence-corrected chi connectivity index (χ0v) is 9.72. The number of aliphatic carboxylic acids is 1. The molecule has 0 bridgehead atoms. The van der Waals surface area contributed by atoms with E-state index in [1.807, 2.05) is 0 Å². The Balaban J connectivity index is 3.29. The van der Waals surface area contributed by atoms with Gasteiger partial charge in [-0.25, -0.2) is 13.6 Å². The molecule has 0 heterocycles. The summed E-state index contributed by atoms with van der Waals surface area (Å²) in [5.74, 6) is -1.31. The van der Waals surface area contributed by atoms with Crippen molar-refractivity contribution < 1.29 is 33.0 Å². The summed E-state index contributed by atoms with van der Waals surface area (Å²) in [7, 11) is -4.62. The molecule has 0 spiro atoms. The third-order valence-corrected chi connectivity index (χ3v) is 3.00. The van der Waals surface area contributed by atoms with Crippen LogP contribution in [0.1, 0.15) is 17.6 Å². The molecule has 0 aliphatic rings. The van der Waals surface area contributed by atoms with E-state index in [-0.39, 0.29) is 5.56 Å². The van der Waals surface area contributed by atoms with Crippen LogP contribution in [0, 0.1) is 0 Å². The quantitative estimate of drug-likeness (QED) is 0.573. The molecule has 18 heavy (non-hydrogen) atoms. The van der Waals surface area contributed by atoms with Crippen molar-refractivity contribution in [3.63, 3.8) is 0 Å².